The first-order valence-electron chi connectivity index (χ1n) is 8.40. The number of halogens is 1. The molecule has 2 aromatic heterocycles. The van der Waals surface area contributed by atoms with E-state index in [1.54, 1.807) is 43.3 Å². The van der Waals surface area contributed by atoms with Gasteiger partial charge in [-0.25, -0.2) is 9.79 Å². The van der Waals surface area contributed by atoms with E-state index in [2.05, 4.69) is 4.99 Å². The largest absolute Gasteiger partial charge is 0.466 e. The molecule has 0 aliphatic carbocycles. The Balaban J connectivity index is 2.03. The van der Waals surface area contributed by atoms with Crippen LogP contribution in [0.4, 0.5) is 0 Å². The van der Waals surface area contributed by atoms with Crippen molar-refractivity contribution in [2.45, 2.75) is 13.0 Å². The van der Waals surface area contributed by atoms with Crippen LogP contribution >= 0.6 is 22.9 Å². The fourth-order valence-electron chi connectivity index (χ4n) is 3.19. The van der Waals surface area contributed by atoms with Crippen LogP contribution in [0, 0.1) is 0 Å². The first-order chi connectivity index (χ1) is 13.5. The average Bonchev–Trinajstić information content (AvgIpc) is 3.29. The maximum Gasteiger partial charge on any atom is 0.338 e. The lowest BCUT2D eigenvalue weighted by Crippen LogP contribution is -2.39. The number of allylic oxidation sites excluding steroid dienone is 1. The molecule has 1 atom stereocenters. The molecule has 0 unspecified atom stereocenters. The minimum atomic E-state index is -0.726. The van der Waals surface area contributed by atoms with Gasteiger partial charge in [-0.15, -0.1) is 0 Å². The first-order valence-corrected chi connectivity index (χ1v) is 9.59. The van der Waals surface area contributed by atoms with Crippen LogP contribution in [-0.2, 0) is 9.53 Å². The van der Waals surface area contributed by atoms with Gasteiger partial charge in [-0.3, -0.25) is 9.36 Å². The highest BCUT2D eigenvalue weighted by molar-refractivity contribution is 7.07. The summed E-state index contributed by atoms with van der Waals surface area (Å²) in [5.74, 6) is 0.00921. The summed E-state index contributed by atoms with van der Waals surface area (Å²) in [4.78, 5) is 30.7. The highest BCUT2D eigenvalue weighted by atomic mass is 35.5. The lowest BCUT2D eigenvalue weighted by molar-refractivity contribution is -0.136. The predicted molar refractivity (Wildman–Crippen MR) is 106 cm³/mol. The van der Waals surface area contributed by atoms with E-state index in [1.807, 2.05) is 6.07 Å². The minimum absolute atomic E-state index is 0.279. The van der Waals surface area contributed by atoms with Gasteiger partial charge in [-0.05, 0) is 30.7 Å². The molecule has 0 amide bonds. The van der Waals surface area contributed by atoms with Crippen molar-refractivity contribution in [2.75, 3.05) is 7.11 Å². The van der Waals surface area contributed by atoms with E-state index in [-0.39, 0.29) is 11.1 Å². The van der Waals surface area contributed by atoms with Gasteiger partial charge in [0.05, 0.1) is 29.2 Å². The van der Waals surface area contributed by atoms with Crippen molar-refractivity contribution in [1.29, 1.82) is 0 Å². The molecule has 4 rings (SSSR count). The molecule has 3 heterocycles. The summed E-state index contributed by atoms with van der Waals surface area (Å²) in [5, 5.41) is 0.448. The predicted octanol–water partition coefficient (Wildman–Crippen LogP) is 2.65. The summed E-state index contributed by atoms with van der Waals surface area (Å²) in [7, 11) is 1.30. The third-order valence-electron chi connectivity index (χ3n) is 4.44. The molecule has 0 bridgehead atoms. The second-order valence-electron chi connectivity index (χ2n) is 6.11. The Kier molecular flexibility index (Phi) is 4.78. The monoisotopic (exact) mass is 414 g/mol. The van der Waals surface area contributed by atoms with Gasteiger partial charge in [0.15, 0.2) is 4.80 Å². The number of carbonyl (C=O) groups is 1. The summed E-state index contributed by atoms with van der Waals surface area (Å²) in [6.07, 6.45) is 3.19. The van der Waals surface area contributed by atoms with Gasteiger partial charge in [0, 0.05) is 11.1 Å². The number of esters is 1. The van der Waals surface area contributed by atoms with Crippen molar-refractivity contribution in [2.24, 2.45) is 4.99 Å². The second kappa shape index (κ2) is 7.26. The topological polar surface area (TPSA) is 73.8 Å². The van der Waals surface area contributed by atoms with Gasteiger partial charge in [0.1, 0.15) is 11.8 Å². The van der Waals surface area contributed by atoms with Crippen LogP contribution in [0.3, 0.4) is 0 Å². The Hall–Kier alpha value is -2.90. The molecule has 1 aliphatic rings. The number of nitrogens with zero attached hydrogens (tertiary/aromatic N) is 2. The number of thiazole rings is 1. The fourth-order valence-corrected chi connectivity index (χ4v) is 4.45. The zero-order valence-corrected chi connectivity index (χ0v) is 16.6. The molecule has 0 saturated carbocycles. The van der Waals surface area contributed by atoms with Crippen molar-refractivity contribution in [3.8, 4) is 0 Å². The maximum absolute atomic E-state index is 13.2. The lowest BCUT2D eigenvalue weighted by Gasteiger charge is -2.25. The molecular formula is C20H15ClN2O4S. The number of hydrogen-bond acceptors (Lipinski definition) is 6. The number of methoxy groups -OCH3 is 1. The van der Waals surface area contributed by atoms with E-state index in [4.69, 9.17) is 20.8 Å². The quantitative estimate of drug-likeness (QED) is 0.617. The second-order valence-corrected chi connectivity index (χ2v) is 7.53. The highest BCUT2D eigenvalue weighted by Crippen LogP contribution is 2.34. The Bertz CT molecular complexity index is 1270. The minimum Gasteiger partial charge on any atom is -0.466 e. The Labute approximate surface area is 168 Å². The van der Waals surface area contributed by atoms with Gasteiger partial charge in [0.25, 0.3) is 5.56 Å². The first kappa shape index (κ1) is 18.5. The van der Waals surface area contributed by atoms with Gasteiger partial charge >= 0.3 is 5.97 Å². The van der Waals surface area contributed by atoms with Gasteiger partial charge < -0.3 is 9.15 Å². The molecular weight excluding hydrogens is 400 g/mol. The third kappa shape index (κ3) is 3.02. The van der Waals surface area contributed by atoms with E-state index < -0.39 is 12.0 Å². The van der Waals surface area contributed by atoms with E-state index in [0.717, 1.165) is 0 Å². The Morgan fingerprint density at radius 3 is 2.79 bits per heavy atom. The molecule has 1 aromatic carbocycles. The van der Waals surface area contributed by atoms with Crippen LogP contribution in [0.5, 0.6) is 0 Å². The van der Waals surface area contributed by atoms with Crippen molar-refractivity contribution >= 4 is 35.0 Å². The van der Waals surface area contributed by atoms with Gasteiger partial charge in [-0.1, -0.05) is 41.1 Å². The summed E-state index contributed by atoms with van der Waals surface area (Å²) < 4.78 is 12.2. The SMILES string of the molecule is COC(=O)C1=C(C)N=c2s/c(=C\c3ccco3)c(=O)n2[C@H]1c1ccccc1Cl. The third-order valence-corrected chi connectivity index (χ3v) is 5.77. The number of rotatable bonds is 3. The molecule has 3 aromatic rings. The van der Waals surface area contributed by atoms with Crippen LogP contribution in [0.1, 0.15) is 24.3 Å². The van der Waals surface area contributed by atoms with Crippen LogP contribution < -0.4 is 14.9 Å². The van der Waals surface area contributed by atoms with Crippen LogP contribution in [0.25, 0.3) is 6.08 Å². The van der Waals surface area contributed by atoms with Crippen molar-refractivity contribution in [3.63, 3.8) is 0 Å². The summed E-state index contributed by atoms with van der Waals surface area (Å²) >= 11 is 7.65. The summed E-state index contributed by atoms with van der Waals surface area (Å²) in [6.45, 7) is 1.72. The number of aromatic nitrogens is 1. The molecule has 0 N–H and O–H groups in total. The smallest absolute Gasteiger partial charge is 0.338 e. The Morgan fingerprint density at radius 2 is 2.11 bits per heavy atom. The standard InChI is InChI=1S/C20H15ClN2O4S/c1-11-16(19(25)26-2)17(13-7-3-4-8-14(13)21)23-18(24)15(28-20(23)22-11)10-12-6-5-9-27-12/h3-10,17H,1-2H3/b15-10-/t17-/m0/s1. The highest BCUT2D eigenvalue weighted by Gasteiger charge is 2.34. The molecule has 28 heavy (non-hydrogen) atoms. The van der Waals surface area contributed by atoms with E-state index in [0.29, 0.717) is 31.4 Å². The summed E-state index contributed by atoms with van der Waals surface area (Å²) in [6, 6.07) is 9.89. The van der Waals surface area contributed by atoms with Crippen LogP contribution in [-0.4, -0.2) is 17.6 Å². The number of hydrogen-bond donors (Lipinski definition) is 0. The van der Waals surface area contributed by atoms with Crippen molar-refractivity contribution in [1.82, 2.24) is 4.57 Å². The van der Waals surface area contributed by atoms with Crippen molar-refractivity contribution in [3.05, 3.63) is 90.0 Å². The number of benzene rings is 1. The average molecular weight is 415 g/mol. The normalized spacial score (nSPS) is 16.7. The van der Waals surface area contributed by atoms with E-state index in [1.165, 1.54) is 29.3 Å². The van der Waals surface area contributed by atoms with Gasteiger partial charge in [-0.2, -0.15) is 0 Å². The molecule has 0 radical (unpaired) electrons. The number of furan rings is 1. The molecule has 0 saturated heterocycles. The zero-order valence-electron chi connectivity index (χ0n) is 15.0. The summed E-state index contributed by atoms with van der Waals surface area (Å²) in [5.41, 5.74) is 1.12. The molecule has 8 heteroatoms. The van der Waals surface area contributed by atoms with E-state index in [9.17, 15) is 9.59 Å². The Morgan fingerprint density at radius 1 is 1.32 bits per heavy atom. The number of carbonyl (C=O) groups excluding carboxylic acids is 1. The number of fused-ring (bicyclic) bond motifs is 1. The van der Waals surface area contributed by atoms with Crippen LogP contribution in [0.2, 0.25) is 5.02 Å². The molecule has 1 aliphatic heterocycles. The fraction of sp³-hybridized carbons (Fsp3) is 0.150. The maximum atomic E-state index is 13.2. The van der Waals surface area contributed by atoms with Crippen LogP contribution in [0.15, 0.2) is 68.1 Å². The van der Waals surface area contributed by atoms with Crippen molar-refractivity contribution < 1.29 is 13.9 Å². The lowest BCUT2D eigenvalue weighted by atomic mass is 9.96. The number of ether oxygens (including phenoxy) is 1. The van der Waals surface area contributed by atoms with Gasteiger partial charge in [0.2, 0.25) is 0 Å². The zero-order chi connectivity index (χ0) is 19.8. The molecule has 6 nitrogen and oxygen atoms in total. The van der Waals surface area contributed by atoms with E-state index >= 15 is 0 Å². The molecule has 0 spiro atoms. The molecule has 0 fully saturated rings. The molecule has 142 valence electrons.